The number of hydrogen-bond donors (Lipinski definition) is 0. The van der Waals surface area contributed by atoms with Crippen molar-refractivity contribution in [1.29, 1.82) is 0 Å². The van der Waals surface area contributed by atoms with Crippen LogP contribution in [0.15, 0.2) is 29.4 Å². The second-order valence-electron chi connectivity index (χ2n) is 4.01. The third-order valence-electron chi connectivity index (χ3n) is 2.83. The lowest BCUT2D eigenvalue weighted by molar-refractivity contribution is 0.415. The molecule has 0 fully saturated rings. The van der Waals surface area contributed by atoms with E-state index < -0.39 is 0 Å². The third-order valence-corrected chi connectivity index (χ3v) is 3.94. The highest BCUT2D eigenvalue weighted by Crippen LogP contribution is 2.32. The Morgan fingerprint density at radius 1 is 1.33 bits per heavy atom. The van der Waals surface area contributed by atoms with Crippen molar-refractivity contribution in [2.75, 3.05) is 7.11 Å². The minimum atomic E-state index is -0.304. The fourth-order valence-electron chi connectivity index (χ4n) is 1.85. The van der Waals surface area contributed by atoms with Crippen molar-refractivity contribution in [1.82, 2.24) is 4.98 Å². The number of fused-ring (bicyclic) bond motifs is 1. The maximum atomic E-state index is 12.8. The largest absolute Gasteiger partial charge is 0.497 e. The SMILES string of the molecule is COc1ccc2sc(C3=CN=C(F)CC3)nc2c1. The number of nitrogens with zero attached hydrogens (tertiary/aromatic N) is 2. The average Bonchev–Trinajstić information content (AvgIpc) is 2.82. The van der Waals surface area contributed by atoms with Gasteiger partial charge in [-0.1, -0.05) is 0 Å². The summed E-state index contributed by atoms with van der Waals surface area (Å²) in [5.41, 5.74) is 1.90. The molecule has 0 radical (unpaired) electrons. The Labute approximate surface area is 108 Å². The first-order valence-electron chi connectivity index (χ1n) is 5.62. The lowest BCUT2D eigenvalue weighted by atomic mass is 10.1. The van der Waals surface area contributed by atoms with Crippen molar-refractivity contribution < 1.29 is 9.13 Å². The molecule has 18 heavy (non-hydrogen) atoms. The topological polar surface area (TPSA) is 34.5 Å². The summed E-state index contributed by atoms with van der Waals surface area (Å²) in [5.74, 6) is 0.488. The number of aliphatic imine (C=N–C) groups is 1. The summed E-state index contributed by atoms with van der Waals surface area (Å²) in [6.07, 6.45) is 2.60. The molecule has 3 rings (SSSR count). The molecule has 2 heterocycles. The Bertz CT molecular complexity index is 660. The zero-order chi connectivity index (χ0) is 12.5. The van der Waals surface area contributed by atoms with E-state index in [0.717, 1.165) is 26.5 Å². The Morgan fingerprint density at radius 2 is 2.22 bits per heavy atom. The Hall–Kier alpha value is -1.75. The van der Waals surface area contributed by atoms with E-state index in [2.05, 4.69) is 9.98 Å². The molecule has 0 saturated carbocycles. The molecule has 0 bridgehead atoms. The van der Waals surface area contributed by atoms with Crippen LogP contribution in [0.4, 0.5) is 4.39 Å². The predicted molar refractivity (Wildman–Crippen MR) is 71.9 cm³/mol. The zero-order valence-electron chi connectivity index (χ0n) is 9.81. The first kappa shape index (κ1) is 11.3. The highest BCUT2D eigenvalue weighted by Gasteiger charge is 2.13. The van der Waals surface area contributed by atoms with Gasteiger partial charge in [-0.25, -0.2) is 9.98 Å². The minimum absolute atomic E-state index is 0.304. The minimum Gasteiger partial charge on any atom is -0.497 e. The molecule has 0 aliphatic carbocycles. The summed E-state index contributed by atoms with van der Waals surface area (Å²) in [7, 11) is 1.63. The normalized spacial score (nSPS) is 15.4. The molecule has 1 aliphatic rings. The van der Waals surface area contributed by atoms with Crippen LogP contribution in [-0.4, -0.2) is 18.1 Å². The van der Waals surface area contributed by atoms with E-state index in [1.54, 1.807) is 24.6 Å². The number of allylic oxidation sites excluding steroid dienone is 1. The molecule has 0 saturated heterocycles. The summed E-state index contributed by atoms with van der Waals surface area (Å²) in [6.45, 7) is 0. The van der Waals surface area contributed by atoms with Crippen LogP contribution in [0.25, 0.3) is 15.8 Å². The Kier molecular flexibility index (Phi) is 2.83. The summed E-state index contributed by atoms with van der Waals surface area (Å²) in [6, 6.07) is 5.81. The molecule has 2 aromatic rings. The third kappa shape index (κ3) is 2.01. The number of benzene rings is 1. The Balaban J connectivity index is 2.03. The van der Waals surface area contributed by atoms with Crippen LogP contribution >= 0.6 is 11.3 Å². The van der Waals surface area contributed by atoms with Crippen molar-refractivity contribution in [3.8, 4) is 5.75 Å². The fraction of sp³-hybridized carbons (Fsp3) is 0.231. The van der Waals surface area contributed by atoms with Crippen LogP contribution in [0.3, 0.4) is 0 Å². The van der Waals surface area contributed by atoms with E-state index in [1.807, 2.05) is 18.2 Å². The highest BCUT2D eigenvalue weighted by atomic mass is 32.1. The molecule has 0 amide bonds. The van der Waals surface area contributed by atoms with Crippen molar-refractivity contribution in [2.45, 2.75) is 12.8 Å². The van der Waals surface area contributed by atoms with E-state index in [4.69, 9.17) is 4.74 Å². The van der Waals surface area contributed by atoms with Gasteiger partial charge in [0, 0.05) is 24.3 Å². The second kappa shape index (κ2) is 4.49. The number of rotatable bonds is 2. The van der Waals surface area contributed by atoms with Gasteiger partial charge in [0.25, 0.3) is 0 Å². The van der Waals surface area contributed by atoms with Gasteiger partial charge in [-0.05, 0) is 18.6 Å². The second-order valence-corrected chi connectivity index (χ2v) is 5.04. The molecule has 0 N–H and O–H groups in total. The maximum absolute atomic E-state index is 12.8. The summed E-state index contributed by atoms with van der Waals surface area (Å²) in [5, 5.41) is 0.912. The van der Waals surface area contributed by atoms with Gasteiger partial charge >= 0.3 is 0 Å². The van der Waals surface area contributed by atoms with Crippen LogP contribution < -0.4 is 4.74 Å². The zero-order valence-corrected chi connectivity index (χ0v) is 10.6. The molecular weight excluding hydrogens is 251 g/mol. The van der Waals surface area contributed by atoms with Gasteiger partial charge in [0.1, 0.15) is 10.8 Å². The molecule has 1 aliphatic heterocycles. The van der Waals surface area contributed by atoms with Crippen LogP contribution in [0, 0.1) is 0 Å². The van der Waals surface area contributed by atoms with E-state index in [9.17, 15) is 4.39 Å². The van der Waals surface area contributed by atoms with E-state index in [0.29, 0.717) is 12.8 Å². The van der Waals surface area contributed by atoms with Crippen molar-refractivity contribution in [2.24, 2.45) is 4.99 Å². The molecule has 5 heteroatoms. The van der Waals surface area contributed by atoms with Gasteiger partial charge in [-0.2, -0.15) is 4.39 Å². The molecule has 0 spiro atoms. The van der Waals surface area contributed by atoms with E-state index >= 15 is 0 Å². The Morgan fingerprint density at radius 3 is 2.94 bits per heavy atom. The first-order chi connectivity index (χ1) is 8.76. The lowest BCUT2D eigenvalue weighted by Crippen LogP contribution is -1.96. The summed E-state index contributed by atoms with van der Waals surface area (Å²) < 4.78 is 19.1. The van der Waals surface area contributed by atoms with E-state index in [-0.39, 0.29) is 5.97 Å². The predicted octanol–water partition coefficient (Wildman–Crippen LogP) is 3.81. The van der Waals surface area contributed by atoms with Crippen molar-refractivity contribution in [3.05, 3.63) is 29.4 Å². The fourth-order valence-corrected chi connectivity index (χ4v) is 2.83. The number of thiazole rings is 1. The maximum Gasteiger partial charge on any atom is 0.189 e. The molecule has 1 aromatic carbocycles. The standard InChI is InChI=1S/C13H11FN2OS/c1-17-9-3-4-11-10(6-9)16-13(18-11)8-2-5-12(14)15-7-8/h3-4,6-7H,2,5H2,1H3. The molecule has 3 nitrogen and oxygen atoms in total. The number of methoxy groups -OCH3 is 1. The van der Waals surface area contributed by atoms with E-state index in [1.165, 1.54) is 0 Å². The van der Waals surface area contributed by atoms with Gasteiger partial charge in [0.05, 0.1) is 17.3 Å². The molecule has 0 unspecified atom stereocenters. The van der Waals surface area contributed by atoms with Crippen LogP contribution in [0.1, 0.15) is 17.8 Å². The molecular formula is C13H11FN2OS. The van der Waals surface area contributed by atoms with Gasteiger partial charge < -0.3 is 4.74 Å². The molecule has 1 aromatic heterocycles. The summed E-state index contributed by atoms with van der Waals surface area (Å²) in [4.78, 5) is 8.27. The monoisotopic (exact) mass is 262 g/mol. The smallest absolute Gasteiger partial charge is 0.189 e. The van der Waals surface area contributed by atoms with Gasteiger partial charge in [0.15, 0.2) is 5.97 Å². The molecule has 92 valence electrons. The summed E-state index contributed by atoms with van der Waals surface area (Å²) >= 11 is 1.60. The van der Waals surface area contributed by atoms with Crippen LogP contribution in [0.5, 0.6) is 5.75 Å². The van der Waals surface area contributed by atoms with Crippen molar-refractivity contribution >= 4 is 33.1 Å². The number of aromatic nitrogens is 1. The highest BCUT2D eigenvalue weighted by molar-refractivity contribution is 7.19. The van der Waals surface area contributed by atoms with Gasteiger partial charge in [-0.3, -0.25) is 0 Å². The van der Waals surface area contributed by atoms with Crippen molar-refractivity contribution in [3.63, 3.8) is 0 Å². The van der Waals surface area contributed by atoms with Crippen LogP contribution in [-0.2, 0) is 0 Å². The first-order valence-corrected chi connectivity index (χ1v) is 6.44. The lowest BCUT2D eigenvalue weighted by Gasteiger charge is -2.05. The molecule has 0 atom stereocenters. The van der Waals surface area contributed by atoms with Gasteiger partial charge in [0.2, 0.25) is 0 Å². The van der Waals surface area contributed by atoms with Crippen LogP contribution in [0.2, 0.25) is 0 Å². The quantitative estimate of drug-likeness (QED) is 0.824. The average molecular weight is 262 g/mol. The number of halogens is 1. The van der Waals surface area contributed by atoms with Gasteiger partial charge in [-0.15, -0.1) is 11.3 Å². The number of ether oxygens (including phenoxy) is 1. The number of hydrogen-bond acceptors (Lipinski definition) is 4.